The Morgan fingerprint density at radius 2 is 2.10 bits per heavy atom. The summed E-state index contributed by atoms with van der Waals surface area (Å²) in [7, 11) is 0. The number of nitriles is 1. The lowest BCUT2D eigenvalue weighted by molar-refractivity contribution is 0.120. The average Bonchev–Trinajstić information content (AvgIpc) is 3.00. The molecule has 1 aromatic carbocycles. The fraction of sp³-hybridized carbons (Fsp3) is 0.522. The Morgan fingerprint density at radius 1 is 1.38 bits per heavy atom. The molecule has 6 heteroatoms. The van der Waals surface area contributed by atoms with Crippen molar-refractivity contribution in [3.8, 4) is 11.8 Å². The molecule has 1 aliphatic carbocycles. The van der Waals surface area contributed by atoms with Crippen LogP contribution in [0.5, 0.6) is 5.75 Å². The van der Waals surface area contributed by atoms with Gasteiger partial charge in [0.25, 0.3) is 0 Å². The molecule has 29 heavy (non-hydrogen) atoms. The zero-order chi connectivity index (χ0) is 21.2. The molecule has 1 heterocycles. The van der Waals surface area contributed by atoms with Crippen LogP contribution in [0.1, 0.15) is 69.9 Å². The number of hydrogen-bond acceptors (Lipinski definition) is 4. The van der Waals surface area contributed by atoms with Crippen molar-refractivity contribution >= 4 is 28.5 Å². The lowest BCUT2D eigenvalue weighted by Gasteiger charge is -2.27. The molecule has 1 aromatic heterocycles. The Labute approximate surface area is 182 Å². The molecular formula is C23H29N3OS2. The molecule has 1 fully saturated rings. The van der Waals surface area contributed by atoms with Crippen molar-refractivity contribution < 1.29 is 4.74 Å². The molecule has 0 radical (unpaired) electrons. The highest BCUT2D eigenvalue weighted by Crippen LogP contribution is 2.29. The van der Waals surface area contributed by atoms with Gasteiger partial charge in [-0.15, -0.1) is 11.3 Å². The Balaban J connectivity index is 2.03. The first-order valence-electron chi connectivity index (χ1n) is 10.2. The van der Waals surface area contributed by atoms with Crippen LogP contribution >= 0.6 is 23.6 Å². The molecule has 0 saturated heterocycles. The van der Waals surface area contributed by atoms with Crippen molar-refractivity contribution in [3.63, 3.8) is 0 Å². The zero-order valence-electron chi connectivity index (χ0n) is 17.9. The predicted octanol–water partition coefficient (Wildman–Crippen LogP) is 5.58. The molecule has 1 saturated carbocycles. The third-order valence-corrected chi connectivity index (χ3v) is 6.66. The van der Waals surface area contributed by atoms with Gasteiger partial charge in [-0.25, -0.2) is 4.99 Å². The van der Waals surface area contributed by atoms with Gasteiger partial charge >= 0.3 is 0 Å². The lowest BCUT2D eigenvalue weighted by atomic mass is 9.95. The molecule has 0 amide bonds. The number of hydrogen-bond donors (Lipinski definition) is 0. The first kappa shape index (κ1) is 21.7. The van der Waals surface area contributed by atoms with Crippen LogP contribution in [-0.2, 0) is 12.0 Å². The van der Waals surface area contributed by atoms with E-state index < -0.39 is 0 Å². The molecule has 0 N–H and O–H groups in total. The second-order valence-corrected chi connectivity index (χ2v) is 10.5. The number of benzene rings is 1. The van der Waals surface area contributed by atoms with E-state index in [1.807, 2.05) is 6.07 Å². The summed E-state index contributed by atoms with van der Waals surface area (Å²) in [5.74, 6) is 1.23. The summed E-state index contributed by atoms with van der Waals surface area (Å²) in [6, 6.07) is 7.63. The lowest BCUT2D eigenvalue weighted by Crippen LogP contribution is -2.25. The van der Waals surface area contributed by atoms with Crippen molar-refractivity contribution in [3.05, 3.63) is 45.2 Å². The minimum absolute atomic E-state index is 0.0536. The van der Waals surface area contributed by atoms with E-state index in [0.29, 0.717) is 16.5 Å². The molecule has 0 spiro atoms. The van der Waals surface area contributed by atoms with Gasteiger partial charge in [-0.05, 0) is 48.8 Å². The van der Waals surface area contributed by atoms with Crippen LogP contribution in [0.25, 0.3) is 0 Å². The van der Waals surface area contributed by atoms with Crippen LogP contribution < -0.4 is 9.54 Å². The summed E-state index contributed by atoms with van der Waals surface area (Å²) in [4.78, 5) is 7.46. The third-order valence-electron chi connectivity index (χ3n) is 4.90. The normalized spacial score (nSPS) is 15.3. The smallest absolute Gasteiger partial charge is 0.191 e. The summed E-state index contributed by atoms with van der Waals surface area (Å²) in [5, 5.41) is 9.33. The Morgan fingerprint density at radius 3 is 2.66 bits per heavy atom. The summed E-state index contributed by atoms with van der Waals surface area (Å²) < 4.78 is 8.33. The number of aromatic nitrogens is 1. The van der Waals surface area contributed by atoms with Crippen LogP contribution in [0.4, 0.5) is 0 Å². The van der Waals surface area contributed by atoms with Crippen molar-refractivity contribution in [1.29, 1.82) is 5.26 Å². The quantitative estimate of drug-likeness (QED) is 0.585. The molecule has 0 atom stereocenters. The fourth-order valence-electron chi connectivity index (χ4n) is 3.02. The minimum atomic E-state index is 0.0536. The molecule has 3 rings (SSSR count). The number of thiocarbonyl (C=S) groups is 1. The Bertz CT molecular complexity index is 998. The van der Waals surface area contributed by atoms with E-state index in [0.717, 1.165) is 35.5 Å². The second kappa shape index (κ2) is 8.81. The largest absolute Gasteiger partial charge is 0.490 e. The van der Waals surface area contributed by atoms with Gasteiger partial charge in [-0.2, -0.15) is 5.26 Å². The molecule has 0 aliphatic heterocycles. The third kappa shape index (κ3) is 5.34. The number of rotatable bonds is 5. The van der Waals surface area contributed by atoms with E-state index in [-0.39, 0.29) is 11.5 Å². The van der Waals surface area contributed by atoms with E-state index >= 15 is 0 Å². The fourth-order valence-corrected chi connectivity index (χ4v) is 4.39. The molecule has 154 valence electrons. The highest BCUT2D eigenvalue weighted by molar-refractivity contribution is 7.80. The van der Waals surface area contributed by atoms with Crippen LogP contribution in [0.3, 0.4) is 0 Å². The first-order chi connectivity index (χ1) is 13.7. The highest BCUT2D eigenvalue weighted by atomic mass is 32.1. The molecule has 2 aromatic rings. The van der Waals surface area contributed by atoms with Crippen LogP contribution in [0.2, 0.25) is 0 Å². The number of ether oxygens (including phenoxy) is 1. The summed E-state index contributed by atoms with van der Waals surface area (Å²) in [5.41, 5.74) is 1.35. The first-order valence-corrected chi connectivity index (χ1v) is 11.4. The topological polar surface area (TPSA) is 50.3 Å². The van der Waals surface area contributed by atoms with E-state index in [2.05, 4.69) is 51.5 Å². The number of thiazole rings is 1. The molecule has 0 unspecified atom stereocenters. The van der Waals surface area contributed by atoms with E-state index in [1.165, 1.54) is 11.3 Å². The van der Waals surface area contributed by atoms with Gasteiger partial charge in [0.05, 0.1) is 23.3 Å². The molecular weight excluding hydrogens is 398 g/mol. The van der Waals surface area contributed by atoms with Gasteiger partial charge in [-0.1, -0.05) is 46.8 Å². The van der Waals surface area contributed by atoms with Crippen molar-refractivity contribution in [2.24, 2.45) is 10.9 Å². The summed E-state index contributed by atoms with van der Waals surface area (Å²) in [6.45, 7) is 11.9. The van der Waals surface area contributed by atoms with E-state index in [4.69, 9.17) is 21.9 Å². The van der Waals surface area contributed by atoms with Gasteiger partial charge in [0.1, 0.15) is 10.7 Å². The van der Waals surface area contributed by atoms with Crippen molar-refractivity contribution in [2.45, 2.75) is 71.9 Å². The average molecular weight is 428 g/mol. The van der Waals surface area contributed by atoms with Gasteiger partial charge in [0, 0.05) is 17.6 Å². The maximum atomic E-state index is 9.33. The number of nitrogens with zero attached hydrogens (tertiary/aromatic N) is 3. The van der Waals surface area contributed by atoms with Gasteiger partial charge < -0.3 is 9.30 Å². The molecule has 4 nitrogen and oxygen atoms in total. The Kier molecular flexibility index (Phi) is 6.60. The standard InChI is InChI=1S/C23H29N3OS2/c1-15(2)13-26-14-20(23(3,4)5)29-22(26)25-21(28)18-11-16(12-24)9-10-19(18)27-17-7-6-8-17/h9-11,14-15,17H,6-8,13H2,1-5H3/b25-22-. The maximum absolute atomic E-state index is 9.33. The summed E-state index contributed by atoms with van der Waals surface area (Å²) in [6.07, 6.45) is 5.77. The second-order valence-electron chi connectivity index (χ2n) is 9.08. The van der Waals surface area contributed by atoms with Crippen LogP contribution in [0.15, 0.2) is 29.4 Å². The van der Waals surface area contributed by atoms with Crippen LogP contribution in [0, 0.1) is 17.2 Å². The van der Waals surface area contributed by atoms with E-state index in [1.54, 1.807) is 23.5 Å². The maximum Gasteiger partial charge on any atom is 0.191 e. The SMILES string of the molecule is CC(C)Cn1cc(C(C)(C)C)s/c1=N\C(=S)c1cc(C#N)ccc1OC1CCC1. The predicted molar refractivity (Wildman–Crippen MR) is 123 cm³/mol. The van der Waals surface area contributed by atoms with E-state index in [9.17, 15) is 5.26 Å². The molecule has 0 bridgehead atoms. The summed E-state index contributed by atoms with van der Waals surface area (Å²) >= 11 is 7.40. The zero-order valence-corrected chi connectivity index (χ0v) is 19.5. The molecule has 1 aliphatic rings. The van der Waals surface area contributed by atoms with Gasteiger partial charge in [0.15, 0.2) is 4.80 Å². The van der Waals surface area contributed by atoms with Gasteiger partial charge in [-0.3, -0.25) is 0 Å². The minimum Gasteiger partial charge on any atom is -0.490 e. The highest BCUT2D eigenvalue weighted by Gasteiger charge is 2.22. The van der Waals surface area contributed by atoms with Crippen molar-refractivity contribution in [2.75, 3.05) is 0 Å². The monoisotopic (exact) mass is 427 g/mol. The Hall–Kier alpha value is -1.97. The van der Waals surface area contributed by atoms with Crippen molar-refractivity contribution in [1.82, 2.24) is 4.57 Å². The van der Waals surface area contributed by atoms with Gasteiger partial charge in [0.2, 0.25) is 0 Å². The van der Waals surface area contributed by atoms with Crippen LogP contribution in [-0.4, -0.2) is 15.7 Å².